The zero-order valence-electron chi connectivity index (χ0n) is 9.77. The van der Waals surface area contributed by atoms with Crippen LogP contribution in [-0.2, 0) is 18.0 Å². The Morgan fingerprint density at radius 2 is 2.00 bits per heavy atom. The van der Waals surface area contributed by atoms with Crippen molar-refractivity contribution in [1.29, 1.82) is 0 Å². The van der Waals surface area contributed by atoms with E-state index in [1.165, 1.54) is 26.4 Å². The van der Waals surface area contributed by atoms with Gasteiger partial charge < -0.3 is 10.5 Å². The molecule has 0 aliphatic carbocycles. The molecule has 0 fully saturated rings. The Hall–Kier alpha value is -1.16. The summed E-state index contributed by atoms with van der Waals surface area (Å²) >= 11 is 1.77. The van der Waals surface area contributed by atoms with Crippen LogP contribution in [0.25, 0.3) is 0 Å². The topological polar surface area (TPSA) is 35.2 Å². The number of fused-ring (bicyclic) bond motifs is 1. The highest BCUT2D eigenvalue weighted by atomic mass is 32.1. The molecule has 1 unspecified atom stereocenters. The van der Waals surface area contributed by atoms with Gasteiger partial charge in [0.15, 0.2) is 0 Å². The molecule has 88 valence electrons. The SMILES string of the molecule is Cc1ccc(C(N)c2ccc3c(c2)COC3)s1. The number of benzene rings is 1. The quantitative estimate of drug-likeness (QED) is 0.882. The second kappa shape index (κ2) is 4.26. The Morgan fingerprint density at radius 1 is 1.18 bits per heavy atom. The molecule has 2 N–H and O–H groups in total. The molecule has 1 aromatic carbocycles. The normalized spacial score (nSPS) is 15.9. The lowest BCUT2D eigenvalue weighted by Gasteiger charge is -2.11. The van der Waals surface area contributed by atoms with Gasteiger partial charge >= 0.3 is 0 Å². The van der Waals surface area contributed by atoms with E-state index in [1.807, 2.05) is 0 Å². The molecule has 17 heavy (non-hydrogen) atoms. The van der Waals surface area contributed by atoms with Crippen molar-refractivity contribution in [3.63, 3.8) is 0 Å². The molecule has 1 aliphatic heterocycles. The minimum Gasteiger partial charge on any atom is -0.372 e. The average Bonchev–Trinajstić information content (AvgIpc) is 2.95. The van der Waals surface area contributed by atoms with E-state index in [-0.39, 0.29) is 6.04 Å². The number of aryl methyl sites for hydroxylation is 1. The number of hydrogen-bond donors (Lipinski definition) is 1. The third kappa shape index (κ3) is 2.02. The second-order valence-electron chi connectivity index (χ2n) is 4.45. The number of thiophene rings is 1. The van der Waals surface area contributed by atoms with Gasteiger partial charge in [-0.15, -0.1) is 11.3 Å². The second-order valence-corrected chi connectivity index (χ2v) is 5.77. The Balaban J connectivity index is 1.94. The zero-order chi connectivity index (χ0) is 11.8. The first-order chi connectivity index (χ1) is 8.24. The van der Waals surface area contributed by atoms with E-state index in [2.05, 4.69) is 37.3 Å². The zero-order valence-corrected chi connectivity index (χ0v) is 10.6. The largest absolute Gasteiger partial charge is 0.372 e. The van der Waals surface area contributed by atoms with Crippen LogP contribution in [0.4, 0.5) is 0 Å². The van der Waals surface area contributed by atoms with Crippen molar-refractivity contribution >= 4 is 11.3 Å². The molecule has 1 aliphatic rings. The van der Waals surface area contributed by atoms with Crippen LogP contribution in [-0.4, -0.2) is 0 Å². The van der Waals surface area contributed by atoms with E-state index < -0.39 is 0 Å². The lowest BCUT2D eigenvalue weighted by molar-refractivity contribution is 0.134. The fraction of sp³-hybridized carbons (Fsp3) is 0.286. The van der Waals surface area contributed by atoms with Gasteiger partial charge in [-0.2, -0.15) is 0 Å². The molecule has 0 radical (unpaired) electrons. The van der Waals surface area contributed by atoms with Gasteiger partial charge in [-0.3, -0.25) is 0 Å². The van der Waals surface area contributed by atoms with Crippen LogP contribution in [0.5, 0.6) is 0 Å². The van der Waals surface area contributed by atoms with E-state index in [4.69, 9.17) is 10.5 Å². The van der Waals surface area contributed by atoms with Crippen LogP contribution in [0.1, 0.15) is 32.5 Å². The standard InChI is InChI=1S/C14H15NOS/c1-9-2-5-13(17-9)14(15)10-3-4-11-7-16-8-12(11)6-10/h2-6,14H,7-8,15H2,1H3. The van der Waals surface area contributed by atoms with Gasteiger partial charge in [0.05, 0.1) is 19.3 Å². The Kier molecular flexibility index (Phi) is 2.74. The molecule has 0 saturated heterocycles. The van der Waals surface area contributed by atoms with Gasteiger partial charge in [0.1, 0.15) is 0 Å². The van der Waals surface area contributed by atoms with E-state index in [0.717, 1.165) is 13.2 Å². The van der Waals surface area contributed by atoms with Crippen LogP contribution >= 0.6 is 11.3 Å². The van der Waals surface area contributed by atoms with Crippen molar-refractivity contribution in [3.05, 3.63) is 56.8 Å². The van der Waals surface area contributed by atoms with Gasteiger partial charge in [-0.1, -0.05) is 18.2 Å². The Morgan fingerprint density at radius 3 is 2.76 bits per heavy atom. The highest BCUT2D eigenvalue weighted by molar-refractivity contribution is 7.12. The summed E-state index contributed by atoms with van der Waals surface area (Å²) in [6.07, 6.45) is 0. The minimum atomic E-state index is -0.0143. The molecule has 2 aromatic rings. The predicted molar refractivity (Wildman–Crippen MR) is 70.0 cm³/mol. The molecular weight excluding hydrogens is 230 g/mol. The van der Waals surface area contributed by atoms with Crippen molar-refractivity contribution < 1.29 is 4.74 Å². The molecule has 0 amide bonds. The summed E-state index contributed by atoms with van der Waals surface area (Å²) in [5, 5.41) is 0. The molecule has 2 heterocycles. The third-order valence-electron chi connectivity index (χ3n) is 3.17. The maximum Gasteiger partial charge on any atom is 0.0725 e. The lowest BCUT2D eigenvalue weighted by atomic mass is 10.0. The number of rotatable bonds is 2. The molecule has 3 heteroatoms. The van der Waals surface area contributed by atoms with Gasteiger partial charge in [0, 0.05) is 9.75 Å². The Labute approximate surface area is 105 Å². The van der Waals surface area contributed by atoms with Crippen LogP contribution in [0.15, 0.2) is 30.3 Å². The van der Waals surface area contributed by atoms with Crippen molar-refractivity contribution in [2.45, 2.75) is 26.2 Å². The van der Waals surface area contributed by atoms with Gasteiger partial charge in [-0.25, -0.2) is 0 Å². The first kappa shape index (κ1) is 11.0. The van der Waals surface area contributed by atoms with Gasteiger partial charge in [0.2, 0.25) is 0 Å². The van der Waals surface area contributed by atoms with E-state index in [1.54, 1.807) is 11.3 Å². The third-order valence-corrected chi connectivity index (χ3v) is 4.26. The first-order valence-electron chi connectivity index (χ1n) is 5.75. The number of ether oxygens (including phenoxy) is 1. The van der Waals surface area contributed by atoms with Crippen molar-refractivity contribution in [2.24, 2.45) is 5.73 Å². The van der Waals surface area contributed by atoms with Crippen LogP contribution in [0.2, 0.25) is 0 Å². The van der Waals surface area contributed by atoms with Gasteiger partial charge in [-0.05, 0) is 35.7 Å². The molecule has 0 saturated carbocycles. The van der Waals surface area contributed by atoms with Crippen LogP contribution in [0.3, 0.4) is 0 Å². The smallest absolute Gasteiger partial charge is 0.0725 e. The van der Waals surface area contributed by atoms with Gasteiger partial charge in [0.25, 0.3) is 0 Å². The molecule has 1 atom stereocenters. The highest BCUT2D eigenvalue weighted by Crippen LogP contribution is 2.29. The maximum atomic E-state index is 6.29. The number of nitrogens with two attached hydrogens (primary N) is 1. The summed E-state index contributed by atoms with van der Waals surface area (Å²) in [5.41, 5.74) is 10.0. The van der Waals surface area contributed by atoms with E-state index in [9.17, 15) is 0 Å². The molecule has 1 aromatic heterocycles. The summed E-state index contributed by atoms with van der Waals surface area (Å²) in [4.78, 5) is 2.53. The number of hydrogen-bond acceptors (Lipinski definition) is 3. The maximum absolute atomic E-state index is 6.29. The molecule has 2 nitrogen and oxygen atoms in total. The molecule has 3 rings (SSSR count). The Bertz CT molecular complexity index is 547. The monoisotopic (exact) mass is 245 g/mol. The predicted octanol–water partition coefficient (Wildman–Crippen LogP) is 3.13. The summed E-state index contributed by atoms with van der Waals surface area (Å²) in [6.45, 7) is 3.57. The van der Waals surface area contributed by atoms with Crippen molar-refractivity contribution in [2.75, 3.05) is 0 Å². The molecule has 0 spiro atoms. The molecular formula is C14H15NOS. The summed E-state index contributed by atoms with van der Waals surface area (Å²) in [7, 11) is 0. The van der Waals surface area contributed by atoms with Crippen molar-refractivity contribution in [1.82, 2.24) is 0 Å². The van der Waals surface area contributed by atoms with E-state index >= 15 is 0 Å². The average molecular weight is 245 g/mol. The minimum absolute atomic E-state index is 0.0143. The summed E-state index contributed by atoms with van der Waals surface area (Å²) in [6, 6.07) is 10.7. The lowest BCUT2D eigenvalue weighted by Crippen LogP contribution is -2.10. The first-order valence-corrected chi connectivity index (χ1v) is 6.57. The fourth-order valence-electron chi connectivity index (χ4n) is 2.17. The van der Waals surface area contributed by atoms with E-state index in [0.29, 0.717) is 0 Å². The highest BCUT2D eigenvalue weighted by Gasteiger charge is 2.16. The van der Waals surface area contributed by atoms with Crippen molar-refractivity contribution in [3.8, 4) is 0 Å². The fourth-order valence-corrected chi connectivity index (χ4v) is 3.08. The van der Waals surface area contributed by atoms with Crippen LogP contribution in [0, 0.1) is 6.92 Å². The molecule has 0 bridgehead atoms. The summed E-state index contributed by atoms with van der Waals surface area (Å²) in [5.74, 6) is 0. The van der Waals surface area contributed by atoms with Crippen LogP contribution < -0.4 is 5.73 Å². The summed E-state index contributed by atoms with van der Waals surface area (Å²) < 4.78 is 5.42.